The van der Waals surface area contributed by atoms with Crippen LogP contribution in [-0.4, -0.2) is 20.8 Å². The molecular formula is C18H21BrClNO3. The van der Waals surface area contributed by atoms with E-state index >= 15 is 0 Å². The maximum Gasteiger partial charge on any atom is 0.175 e. The summed E-state index contributed by atoms with van der Waals surface area (Å²) >= 11 is 9.70. The van der Waals surface area contributed by atoms with Crippen LogP contribution in [0.4, 0.5) is 5.69 Å². The lowest BCUT2D eigenvalue weighted by Crippen LogP contribution is -2.03. The monoisotopic (exact) mass is 413 g/mol. The fourth-order valence-electron chi connectivity index (χ4n) is 2.20. The van der Waals surface area contributed by atoms with E-state index in [2.05, 4.69) is 28.2 Å². The van der Waals surface area contributed by atoms with Gasteiger partial charge in [-0.2, -0.15) is 0 Å². The number of halogens is 2. The Hall–Kier alpha value is -1.59. The van der Waals surface area contributed by atoms with E-state index in [0.717, 1.165) is 27.9 Å². The number of anilines is 1. The van der Waals surface area contributed by atoms with Gasteiger partial charge in [0.25, 0.3) is 0 Å². The van der Waals surface area contributed by atoms with Crippen LogP contribution in [-0.2, 0) is 6.54 Å². The Balaban J connectivity index is 2.12. The van der Waals surface area contributed by atoms with E-state index in [0.29, 0.717) is 29.7 Å². The largest absolute Gasteiger partial charge is 0.495 e. The van der Waals surface area contributed by atoms with Gasteiger partial charge in [-0.1, -0.05) is 18.5 Å². The second-order valence-corrected chi connectivity index (χ2v) is 6.42. The topological polar surface area (TPSA) is 39.7 Å². The van der Waals surface area contributed by atoms with Crippen LogP contribution in [0.25, 0.3) is 0 Å². The first kappa shape index (κ1) is 18.7. The third kappa shape index (κ3) is 4.71. The minimum atomic E-state index is 0.574. The summed E-state index contributed by atoms with van der Waals surface area (Å²) in [5.74, 6) is 2.10. The highest BCUT2D eigenvalue weighted by Crippen LogP contribution is 2.37. The smallest absolute Gasteiger partial charge is 0.175 e. The van der Waals surface area contributed by atoms with E-state index < -0.39 is 0 Å². The Morgan fingerprint density at radius 1 is 1.08 bits per heavy atom. The number of hydrogen-bond donors (Lipinski definition) is 1. The van der Waals surface area contributed by atoms with E-state index in [1.165, 1.54) is 0 Å². The van der Waals surface area contributed by atoms with Crippen molar-refractivity contribution in [2.24, 2.45) is 0 Å². The number of hydrogen-bond acceptors (Lipinski definition) is 4. The molecule has 2 rings (SSSR count). The molecule has 2 aromatic carbocycles. The number of ether oxygens (including phenoxy) is 3. The average Bonchev–Trinajstić information content (AvgIpc) is 2.58. The molecule has 4 nitrogen and oxygen atoms in total. The molecule has 130 valence electrons. The normalized spacial score (nSPS) is 10.4. The second kappa shape index (κ2) is 9.04. The zero-order valence-corrected chi connectivity index (χ0v) is 16.3. The molecule has 1 N–H and O–H groups in total. The van der Waals surface area contributed by atoms with Crippen molar-refractivity contribution in [3.8, 4) is 17.2 Å². The van der Waals surface area contributed by atoms with Crippen LogP contribution in [0.1, 0.15) is 18.9 Å². The molecule has 0 saturated heterocycles. The standard InChI is InChI=1S/C18H21BrClNO3/c1-4-7-24-18-14(19)8-12(9-17(18)23-3)11-21-13-5-6-16(22-2)15(20)10-13/h5-6,8-10,21H,4,7,11H2,1-3H3. The first-order valence-electron chi connectivity index (χ1n) is 7.65. The Kier molecular flexibility index (Phi) is 7.06. The summed E-state index contributed by atoms with van der Waals surface area (Å²) in [5, 5.41) is 3.91. The maximum absolute atomic E-state index is 6.14. The first-order valence-corrected chi connectivity index (χ1v) is 8.82. The Bertz CT molecular complexity index is 694. The Labute approximate surface area is 156 Å². The molecule has 0 spiro atoms. The maximum atomic E-state index is 6.14. The van der Waals surface area contributed by atoms with Crippen LogP contribution in [0.3, 0.4) is 0 Å². The van der Waals surface area contributed by atoms with Gasteiger partial charge in [-0.3, -0.25) is 0 Å². The summed E-state index contributed by atoms with van der Waals surface area (Å²) in [5.41, 5.74) is 1.98. The van der Waals surface area contributed by atoms with Crippen LogP contribution in [0, 0.1) is 0 Å². The summed E-state index contributed by atoms with van der Waals surface area (Å²) in [6.07, 6.45) is 0.942. The summed E-state index contributed by atoms with van der Waals surface area (Å²) in [6.45, 7) is 3.35. The number of rotatable bonds is 8. The third-order valence-corrected chi connectivity index (χ3v) is 4.27. The van der Waals surface area contributed by atoms with Crippen molar-refractivity contribution >= 4 is 33.2 Å². The highest BCUT2D eigenvalue weighted by atomic mass is 79.9. The van der Waals surface area contributed by atoms with Gasteiger partial charge in [-0.05, 0) is 58.2 Å². The molecule has 2 aromatic rings. The molecule has 6 heteroatoms. The average molecular weight is 415 g/mol. The van der Waals surface area contributed by atoms with E-state index in [-0.39, 0.29) is 0 Å². The zero-order chi connectivity index (χ0) is 17.5. The van der Waals surface area contributed by atoms with Crippen LogP contribution < -0.4 is 19.5 Å². The van der Waals surface area contributed by atoms with Gasteiger partial charge in [0.1, 0.15) is 5.75 Å². The molecular weight excluding hydrogens is 394 g/mol. The van der Waals surface area contributed by atoms with Gasteiger partial charge in [0.15, 0.2) is 11.5 Å². The lowest BCUT2D eigenvalue weighted by atomic mass is 10.2. The van der Waals surface area contributed by atoms with Crippen LogP contribution in [0.5, 0.6) is 17.2 Å². The van der Waals surface area contributed by atoms with Gasteiger partial charge in [-0.15, -0.1) is 0 Å². The van der Waals surface area contributed by atoms with Gasteiger partial charge in [0.05, 0.1) is 30.3 Å². The Morgan fingerprint density at radius 3 is 2.46 bits per heavy atom. The van der Waals surface area contributed by atoms with Crippen molar-refractivity contribution in [3.63, 3.8) is 0 Å². The molecule has 0 saturated carbocycles. The summed E-state index contributed by atoms with van der Waals surface area (Å²) in [6, 6.07) is 9.59. The van der Waals surface area contributed by atoms with Gasteiger partial charge >= 0.3 is 0 Å². The molecule has 0 aromatic heterocycles. The number of benzene rings is 2. The number of nitrogens with one attached hydrogen (secondary N) is 1. The summed E-state index contributed by atoms with van der Waals surface area (Å²) < 4.78 is 17.2. The molecule has 0 fully saturated rings. The fourth-order valence-corrected chi connectivity index (χ4v) is 3.06. The van der Waals surface area contributed by atoms with E-state index in [1.54, 1.807) is 14.2 Å². The van der Waals surface area contributed by atoms with Crippen molar-refractivity contribution in [2.75, 3.05) is 26.1 Å². The van der Waals surface area contributed by atoms with Crippen LogP contribution in [0.15, 0.2) is 34.8 Å². The van der Waals surface area contributed by atoms with E-state index in [9.17, 15) is 0 Å². The summed E-state index contributed by atoms with van der Waals surface area (Å²) in [4.78, 5) is 0. The quantitative estimate of drug-likeness (QED) is 0.617. The molecule has 0 aliphatic carbocycles. The third-order valence-electron chi connectivity index (χ3n) is 3.39. The van der Waals surface area contributed by atoms with Crippen molar-refractivity contribution in [1.29, 1.82) is 0 Å². The molecule has 0 aliphatic rings. The van der Waals surface area contributed by atoms with Crippen LogP contribution >= 0.6 is 27.5 Å². The lowest BCUT2D eigenvalue weighted by molar-refractivity contribution is 0.292. The summed E-state index contributed by atoms with van der Waals surface area (Å²) in [7, 11) is 3.24. The molecule has 0 atom stereocenters. The van der Waals surface area contributed by atoms with E-state index in [4.69, 9.17) is 25.8 Å². The van der Waals surface area contributed by atoms with Crippen molar-refractivity contribution < 1.29 is 14.2 Å². The van der Waals surface area contributed by atoms with Crippen molar-refractivity contribution in [1.82, 2.24) is 0 Å². The van der Waals surface area contributed by atoms with Crippen molar-refractivity contribution in [3.05, 3.63) is 45.4 Å². The number of methoxy groups -OCH3 is 2. The Morgan fingerprint density at radius 2 is 1.83 bits per heavy atom. The van der Waals surface area contributed by atoms with E-state index in [1.807, 2.05) is 30.3 Å². The predicted octanol–water partition coefficient (Wildman–Crippen LogP) is 5.52. The molecule has 0 radical (unpaired) electrons. The molecule has 0 amide bonds. The van der Waals surface area contributed by atoms with Crippen molar-refractivity contribution in [2.45, 2.75) is 19.9 Å². The van der Waals surface area contributed by atoms with Gasteiger partial charge in [-0.25, -0.2) is 0 Å². The second-order valence-electron chi connectivity index (χ2n) is 5.16. The molecule has 24 heavy (non-hydrogen) atoms. The highest BCUT2D eigenvalue weighted by molar-refractivity contribution is 9.10. The minimum Gasteiger partial charge on any atom is -0.495 e. The molecule has 0 aliphatic heterocycles. The predicted molar refractivity (Wildman–Crippen MR) is 102 cm³/mol. The van der Waals surface area contributed by atoms with Crippen LogP contribution in [0.2, 0.25) is 5.02 Å². The zero-order valence-electron chi connectivity index (χ0n) is 14.0. The lowest BCUT2D eigenvalue weighted by Gasteiger charge is -2.15. The highest BCUT2D eigenvalue weighted by Gasteiger charge is 2.11. The fraction of sp³-hybridized carbons (Fsp3) is 0.333. The SMILES string of the molecule is CCCOc1c(Br)cc(CNc2ccc(OC)c(Cl)c2)cc1OC. The molecule has 0 bridgehead atoms. The van der Waals surface area contributed by atoms with Gasteiger partial charge in [0, 0.05) is 12.2 Å². The minimum absolute atomic E-state index is 0.574. The first-order chi connectivity index (χ1) is 11.6. The molecule has 0 heterocycles. The van der Waals surface area contributed by atoms with Gasteiger partial charge < -0.3 is 19.5 Å². The van der Waals surface area contributed by atoms with Gasteiger partial charge in [0.2, 0.25) is 0 Å². The molecule has 0 unspecified atom stereocenters.